The molecule has 1 fully saturated rings. The van der Waals surface area contributed by atoms with Crippen LogP contribution in [0.15, 0.2) is 0 Å². The quantitative estimate of drug-likeness (QED) is 0.561. The van der Waals surface area contributed by atoms with Crippen molar-refractivity contribution in [2.45, 2.75) is 25.8 Å². The average Bonchev–Trinajstić information content (AvgIpc) is 2.21. The van der Waals surface area contributed by atoms with Gasteiger partial charge < -0.3 is 14.8 Å². The van der Waals surface area contributed by atoms with Gasteiger partial charge >= 0.3 is 0 Å². The number of hydrogen-bond donors (Lipinski definition) is 1. The molecule has 1 saturated heterocycles. The van der Waals surface area contributed by atoms with Crippen molar-refractivity contribution in [1.82, 2.24) is 10.2 Å². The molecule has 0 aromatic rings. The Morgan fingerprint density at radius 3 is 2.56 bits per heavy atom. The van der Waals surface area contributed by atoms with E-state index in [-0.39, 0.29) is 0 Å². The largest absolute Gasteiger partial charge is 0.382 e. The van der Waals surface area contributed by atoms with E-state index in [4.69, 9.17) is 9.47 Å². The van der Waals surface area contributed by atoms with Crippen LogP contribution in [-0.2, 0) is 9.47 Å². The van der Waals surface area contributed by atoms with Gasteiger partial charge in [0.2, 0.25) is 0 Å². The molecule has 1 rings (SSSR count). The van der Waals surface area contributed by atoms with E-state index in [2.05, 4.69) is 17.1 Å². The minimum atomic E-state index is 0.700. The number of nitrogens with zero attached hydrogens (tertiary/aromatic N) is 1. The first kappa shape index (κ1) is 13.9. The Morgan fingerprint density at radius 1 is 1.19 bits per heavy atom. The fraction of sp³-hybridized carbons (Fsp3) is 1.00. The lowest BCUT2D eigenvalue weighted by molar-refractivity contribution is 0.0596. The summed E-state index contributed by atoms with van der Waals surface area (Å²) in [4.78, 5) is 2.58. The van der Waals surface area contributed by atoms with Crippen molar-refractivity contribution in [3.8, 4) is 0 Å². The van der Waals surface area contributed by atoms with Gasteiger partial charge in [-0.1, -0.05) is 6.92 Å². The highest BCUT2D eigenvalue weighted by Crippen LogP contribution is 2.06. The third-order valence-corrected chi connectivity index (χ3v) is 2.95. The van der Waals surface area contributed by atoms with Crippen LogP contribution in [0.1, 0.15) is 19.8 Å². The van der Waals surface area contributed by atoms with E-state index in [0.717, 1.165) is 45.3 Å². The molecule has 0 saturated carbocycles. The lowest BCUT2D eigenvalue weighted by Gasteiger charge is -2.38. The van der Waals surface area contributed by atoms with Gasteiger partial charge in [-0.25, -0.2) is 0 Å². The van der Waals surface area contributed by atoms with Crippen LogP contribution in [0.5, 0.6) is 0 Å². The van der Waals surface area contributed by atoms with Crippen LogP contribution in [0.3, 0.4) is 0 Å². The van der Waals surface area contributed by atoms with Crippen LogP contribution >= 0.6 is 0 Å². The van der Waals surface area contributed by atoms with Crippen LogP contribution in [0.4, 0.5) is 0 Å². The SMILES string of the molecule is CCCN(CCCOCCOC)C1CNC1. The Morgan fingerprint density at radius 2 is 2.00 bits per heavy atom. The van der Waals surface area contributed by atoms with E-state index >= 15 is 0 Å². The molecule has 4 heteroatoms. The topological polar surface area (TPSA) is 33.7 Å². The average molecular weight is 230 g/mol. The van der Waals surface area contributed by atoms with Gasteiger partial charge in [0.05, 0.1) is 13.2 Å². The fourth-order valence-corrected chi connectivity index (χ4v) is 1.91. The van der Waals surface area contributed by atoms with Gasteiger partial charge in [0.15, 0.2) is 0 Å². The minimum absolute atomic E-state index is 0.700. The molecule has 1 aliphatic heterocycles. The maximum absolute atomic E-state index is 5.47. The molecule has 0 spiro atoms. The number of rotatable bonds is 10. The smallest absolute Gasteiger partial charge is 0.0700 e. The third kappa shape index (κ3) is 5.25. The van der Waals surface area contributed by atoms with Crippen LogP contribution in [0, 0.1) is 0 Å². The van der Waals surface area contributed by atoms with Gasteiger partial charge in [0.25, 0.3) is 0 Å². The predicted molar refractivity (Wildman–Crippen MR) is 65.8 cm³/mol. The Labute approximate surface area is 99.3 Å². The van der Waals surface area contributed by atoms with E-state index in [0.29, 0.717) is 6.61 Å². The summed E-state index contributed by atoms with van der Waals surface area (Å²) in [6, 6.07) is 0.763. The Balaban J connectivity index is 1.98. The van der Waals surface area contributed by atoms with Crippen LogP contribution < -0.4 is 5.32 Å². The molecule has 1 heterocycles. The summed E-state index contributed by atoms with van der Waals surface area (Å²) in [6.07, 6.45) is 2.36. The molecule has 0 unspecified atom stereocenters. The Bertz CT molecular complexity index is 163. The molecule has 0 aromatic heterocycles. The zero-order chi connectivity index (χ0) is 11.6. The number of methoxy groups -OCH3 is 1. The maximum atomic E-state index is 5.47. The van der Waals surface area contributed by atoms with Crippen LogP contribution in [0.25, 0.3) is 0 Å². The van der Waals surface area contributed by atoms with E-state index < -0.39 is 0 Å². The van der Waals surface area contributed by atoms with Gasteiger partial charge in [-0.05, 0) is 19.4 Å². The van der Waals surface area contributed by atoms with Gasteiger partial charge in [0.1, 0.15) is 0 Å². The van der Waals surface area contributed by atoms with Crippen LogP contribution in [-0.4, -0.2) is 64.1 Å². The first-order valence-electron chi connectivity index (χ1n) is 6.40. The standard InChI is InChI=1S/C12H26N2O2/c1-3-5-14(12-10-13-11-12)6-4-7-16-9-8-15-2/h12-13H,3-11H2,1-2H3. The molecular weight excluding hydrogens is 204 g/mol. The predicted octanol–water partition coefficient (Wildman–Crippen LogP) is 0.723. The number of nitrogens with one attached hydrogen (secondary N) is 1. The van der Waals surface area contributed by atoms with Crippen molar-refractivity contribution >= 4 is 0 Å². The number of ether oxygens (including phenoxy) is 2. The molecule has 16 heavy (non-hydrogen) atoms. The van der Waals surface area contributed by atoms with Crippen LogP contribution in [0.2, 0.25) is 0 Å². The monoisotopic (exact) mass is 230 g/mol. The van der Waals surface area contributed by atoms with E-state index in [1.807, 2.05) is 0 Å². The van der Waals surface area contributed by atoms with E-state index in [1.165, 1.54) is 13.0 Å². The molecule has 0 radical (unpaired) electrons. The van der Waals surface area contributed by atoms with Gasteiger partial charge in [-0.2, -0.15) is 0 Å². The normalized spacial score (nSPS) is 16.7. The second-order valence-electron chi connectivity index (χ2n) is 4.31. The molecule has 0 aromatic carbocycles. The third-order valence-electron chi connectivity index (χ3n) is 2.95. The lowest BCUT2D eigenvalue weighted by Crippen LogP contribution is -2.57. The van der Waals surface area contributed by atoms with Gasteiger partial charge in [-0.3, -0.25) is 4.90 Å². The van der Waals surface area contributed by atoms with Crippen molar-refractivity contribution in [3.05, 3.63) is 0 Å². The zero-order valence-corrected chi connectivity index (χ0v) is 10.7. The summed E-state index contributed by atoms with van der Waals surface area (Å²) >= 11 is 0. The van der Waals surface area contributed by atoms with Crippen molar-refractivity contribution in [2.24, 2.45) is 0 Å². The zero-order valence-electron chi connectivity index (χ0n) is 10.7. The van der Waals surface area contributed by atoms with Crippen molar-refractivity contribution in [2.75, 3.05) is 53.1 Å². The van der Waals surface area contributed by atoms with E-state index in [1.54, 1.807) is 7.11 Å². The highest BCUT2D eigenvalue weighted by molar-refractivity contribution is 4.84. The second-order valence-corrected chi connectivity index (χ2v) is 4.31. The fourth-order valence-electron chi connectivity index (χ4n) is 1.91. The molecule has 96 valence electrons. The highest BCUT2D eigenvalue weighted by atomic mass is 16.5. The summed E-state index contributed by atoms with van der Waals surface area (Å²) in [5.41, 5.74) is 0. The van der Waals surface area contributed by atoms with Gasteiger partial charge in [-0.15, -0.1) is 0 Å². The Kier molecular flexibility index (Phi) is 7.76. The summed E-state index contributed by atoms with van der Waals surface area (Å²) < 4.78 is 10.4. The summed E-state index contributed by atoms with van der Waals surface area (Å²) in [5, 5.41) is 3.33. The van der Waals surface area contributed by atoms with Crippen molar-refractivity contribution in [1.29, 1.82) is 0 Å². The number of hydrogen-bond acceptors (Lipinski definition) is 4. The maximum Gasteiger partial charge on any atom is 0.0700 e. The minimum Gasteiger partial charge on any atom is -0.382 e. The molecule has 0 atom stereocenters. The summed E-state index contributed by atoms with van der Waals surface area (Å²) in [6.45, 7) is 9.20. The molecule has 0 aliphatic carbocycles. The molecule has 0 amide bonds. The molecule has 0 bridgehead atoms. The molecule has 1 aliphatic rings. The molecule has 4 nitrogen and oxygen atoms in total. The van der Waals surface area contributed by atoms with E-state index in [9.17, 15) is 0 Å². The first-order valence-corrected chi connectivity index (χ1v) is 6.40. The Hall–Kier alpha value is -0.160. The lowest BCUT2D eigenvalue weighted by atomic mass is 10.1. The van der Waals surface area contributed by atoms with Crippen molar-refractivity contribution < 1.29 is 9.47 Å². The highest BCUT2D eigenvalue weighted by Gasteiger charge is 2.22. The second kappa shape index (κ2) is 8.93. The molecule has 1 N–H and O–H groups in total. The first-order chi connectivity index (χ1) is 7.88. The van der Waals surface area contributed by atoms with Gasteiger partial charge in [0, 0.05) is 39.4 Å². The summed E-state index contributed by atoms with van der Waals surface area (Å²) in [7, 11) is 1.70. The molecular formula is C12H26N2O2. The van der Waals surface area contributed by atoms with Crippen molar-refractivity contribution in [3.63, 3.8) is 0 Å². The summed E-state index contributed by atoms with van der Waals surface area (Å²) in [5.74, 6) is 0.